The molecule has 0 aliphatic rings. The summed E-state index contributed by atoms with van der Waals surface area (Å²) in [6, 6.07) is 1.63. The van der Waals surface area contributed by atoms with Crippen molar-refractivity contribution in [1.82, 2.24) is 0 Å². The highest BCUT2D eigenvalue weighted by molar-refractivity contribution is 5.72. The summed E-state index contributed by atoms with van der Waals surface area (Å²) in [5.41, 5.74) is 5.98. The number of aliphatic carboxylic acids is 1. The largest absolute Gasteiger partial charge is 0.481 e. The van der Waals surface area contributed by atoms with Crippen molar-refractivity contribution in [3.63, 3.8) is 0 Å². The van der Waals surface area contributed by atoms with Gasteiger partial charge in [0.25, 0.3) is 0 Å². The Morgan fingerprint density at radius 2 is 2.31 bits per heavy atom. The van der Waals surface area contributed by atoms with Crippen LogP contribution in [0.5, 0.6) is 0 Å². The number of carboxylic acid groups (broad SMARTS) is 1. The Morgan fingerprint density at radius 3 is 2.69 bits per heavy atom. The van der Waals surface area contributed by atoms with Crippen LogP contribution in [0.25, 0.3) is 0 Å². The van der Waals surface area contributed by atoms with Gasteiger partial charge in [-0.15, -0.1) is 0 Å². The Hall–Kier alpha value is -1.65. The van der Waals surface area contributed by atoms with Crippen LogP contribution in [-0.4, -0.2) is 25.2 Å². The van der Waals surface area contributed by atoms with Gasteiger partial charge in [-0.05, 0) is 0 Å². The van der Waals surface area contributed by atoms with Crippen LogP contribution in [0.3, 0.4) is 0 Å². The number of anilines is 2. The van der Waals surface area contributed by atoms with E-state index in [9.17, 15) is 4.79 Å². The molecule has 0 saturated carbocycles. The SMILES string of the molecule is CN(C)c1cc(CC(=O)O)c(N)o1. The van der Waals surface area contributed by atoms with Crippen molar-refractivity contribution in [2.24, 2.45) is 0 Å². The maximum Gasteiger partial charge on any atom is 0.308 e. The van der Waals surface area contributed by atoms with Crippen LogP contribution in [-0.2, 0) is 11.2 Å². The molecule has 0 aliphatic carbocycles. The van der Waals surface area contributed by atoms with Gasteiger partial charge in [0.2, 0.25) is 0 Å². The van der Waals surface area contributed by atoms with E-state index in [0.717, 1.165) is 0 Å². The highest BCUT2D eigenvalue weighted by Gasteiger charge is 2.12. The van der Waals surface area contributed by atoms with Crippen molar-refractivity contribution in [1.29, 1.82) is 0 Å². The summed E-state index contributed by atoms with van der Waals surface area (Å²) in [7, 11) is 3.59. The van der Waals surface area contributed by atoms with E-state index in [-0.39, 0.29) is 12.3 Å². The lowest BCUT2D eigenvalue weighted by Crippen LogP contribution is -2.07. The van der Waals surface area contributed by atoms with Crippen LogP contribution >= 0.6 is 0 Å². The van der Waals surface area contributed by atoms with Gasteiger partial charge in [0.1, 0.15) is 0 Å². The van der Waals surface area contributed by atoms with Crippen molar-refractivity contribution >= 4 is 17.7 Å². The van der Waals surface area contributed by atoms with E-state index < -0.39 is 5.97 Å². The molecule has 1 rings (SSSR count). The monoisotopic (exact) mass is 184 g/mol. The molecule has 13 heavy (non-hydrogen) atoms. The molecule has 1 heterocycles. The van der Waals surface area contributed by atoms with Gasteiger partial charge < -0.3 is 20.2 Å². The Balaban J connectivity index is 2.89. The van der Waals surface area contributed by atoms with Gasteiger partial charge in [-0.2, -0.15) is 0 Å². The summed E-state index contributed by atoms with van der Waals surface area (Å²) in [5.74, 6) is -0.183. The number of nitrogens with two attached hydrogens (primary N) is 1. The third-order valence-electron chi connectivity index (χ3n) is 1.61. The second kappa shape index (κ2) is 3.38. The maximum atomic E-state index is 10.4. The van der Waals surface area contributed by atoms with Crippen LogP contribution in [0.15, 0.2) is 10.5 Å². The molecule has 1 aromatic rings. The van der Waals surface area contributed by atoms with E-state index in [1.807, 2.05) is 0 Å². The third-order valence-corrected chi connectivity index (χ3v) is 1.61. The van der Waals surface area contributed by atoms with Gasteiger partial charge >= 0.3 is 5.97 Å². The first-order valence-corrected chi connectivity index (χ1v) is 3.78. The topological polar surface area (TPSA) is 79.7 Å². The zero-order chi connectivity index (χ0) is 10.0. The molecule has 0 fully saturated rings. The molecule has 0 saturated heterocycles. The van der Waals surface area contributed by atoms with Crippen molar-refractivity contribution in [2.75, 3.05) is 24.7 Å². The first kappa shape index (κ1) is 9.44. The van der Waals surface area contributed by atoms with Gasteiger partial charge in [0, 0.05) is 25.7 Å². The van der Waals surface area contributed by atoms with Crippen molar-refractivity contribution < 1.29 is 14.3 Å². The first-order valence-electron chi connectivity index (χ1n) is 3.78. The molecule has 0 radical (unpaired) electrons. The Bertz CT molecular complexity index is 317. The molecule has 1 aromatic heterocycles. The molecule has 5 heteroatoms. The van der Waals surface area contributed by atoms with E-state index in [1.165, 1.54) is 0 Å². The fourth-order valence-corrected chi connectivity index (χ4v) is 0.949. The summed E-state index contributed by atoms with van der Waals surface area (Å²) in [4.78, 5) is 12.1. The number of furan rings is 1. The lowest BCUT2D eigenvalue weighted by Gasteiger charge is -2.05. The van der Waals surface area contributed by atoms with Gasteiger partial charge in [-0.25, -0.2) is 0 Å². The summed E-state index contributed by atoms with van der Waals surface area (Å²) in [6.45, 7) is 0. The number of rotatable bonds is 3. The van der Waals surface area contributed by atoms with Crippen LogP contribution in [0.2, 0.25) is 0 Å². The zero-order valence-corrected chi connectivity index (χ0v) is 7.57. The summed E-state index contributed by atoms with van der Waals surface area (Å²) >= 11 is 0. The summed E-state index contributed by atoms with van der Waals surface area (Å²) < 4.78 is 5.12. The predicted molar refractivity (Wildman–Crippen MR) is 48.8 cm³/mol. The van der Waals surface area contributed by atoms with Crippen molar-refractivity contribution in [3.05, 3.63) is 11.6 Å². The van der Waals surface area contributed by atoms with E-state index in [0.29, 0.717) is 11.4 Å². The number of carbonyl (C=O) groups is 1. The molecule has 0 unspecified atom stereocenters. The second-order valence-corrected chi connectivity index (χ2v) is 2.94. The molecule has 0 spiro atoms. The van der Waals surface area contributed by atoms with Gasteiger partial charge in [0.15, 0.2) is 11.8 Å². The quantitative estimate of drug-likeness (QED) is 0.717. The molecule has 0 aromatic carbocycles. The van der Waals surface area contributed by atoms with E-state index in [4.69, 9.17) is 15.3 Å². The minimum absolute atomic E-state index is 0.108. The fraction of sp³-hybridized carbons (Fsp3) is 0.375. The number of nitrogens with zero attached hydrogens (tertiary/aromatic N) is 1. The third kappa shape index (κ3) is 2.14. The normalized spacial score (nSPS) is 10.0. The smallest absolute Gasteiger partial charge is 0.308 e. The zero-order valence-electron chi connectivity index (χ0n) is 7.57. The second-order valence-electron chi connectivity index (χ2n) is 2.94. The Kier molecular flexibility index (Phi) is 2.46. The highest BCUT2D eigenvalue weighted by atomic mass is 16.4. The molecule has 0 amide bonds. The first-order chi connectivity index (χ1) is 6.00. The van der Waals surface area contributed by atoms with Crippen LogP contribution < -0.4 is 10.6 Å². The van der Waals surface area contributed by atoms with Crippen molar-refractivity contribution in [3.8, 4) is 0 Å². The number of nitrogen functional groups attached to an aromatic ring is 1. The average Bonchev–Trinajstić information content (AvgIpc) is 2.31. The van der Waals surface area contributed by atoms with Crippen LogP contribution in [0, 0.1) is 0 Å². The van der Waals surface area contributed by atoms with Crippen LogP contribution in [0.1, 0.15) is 5.56 Å². The summed E-state index contributed by atoms with van der Waals surface area (Å²) in [5, 5.41) is 8.53. The average molecular weight is 184 g/mol. The number of hydrogen-bond donors (Lipinski definition) is 2. The minimum Gasteiger partial charge on any atom is -0.481 e. The van der Waals surface area contributed by atoms with Crippen molar-refractivity contribution in [2.45, 2.75) is 6.42 Å². The summed E-state index contributed by atoms with van der Waals surface area (Å²) in [6.07, 6.45) is -0.108. The minimum atomic E-state index is -0.919. The van der Waals surface area contributed by atoms with Gasteiger partial charge in [0.05, 0.1) is 6.42 Å². The molecule has 3 N–H and O–H groups in total. The number of hydrogen-bond acceptors (Lipinski definition) is 4. The maximum absolute atomic E-state index is 10.4. The van der Waals surface area contributed by atoms with E-state index in [1.54, 1.807) is 25.1 Å². The molecule has 5 nitrogen and oxygen atoms in total. The predicted octanol–water partition coefficient (Wildman–Crippen LogP) is 0.555. The lowest BCUT2D eigenvalue weighted by atomic mass is 10.2. The molecular formula is C8H12N2O3. The lowest BCUT2D eigenvalue weighted by molar-refractivity contribution is -0.136. The van der Waals surface area contributed by atoms with Crippen LogP contribution in [0.4, 0.5) is 11.8 Å². The standard InChI is InChI=1S/C8H12N2O3/c1-10(2)6-3-5(4-7(11)12)8(9)13-6/h3H,4,9H2,1-2H3,(H,11,12). The molecular weight excluding hydrogens is 172 g/mol. The highest BCUT2D eigenvalue weighted by Crippen LogP contribution is 2.24. The van der Waals surface area contributed by atoms with E-state index >= 15 is 0 Å². The number of carboxylic acids is 1. The Morgan fingerprint density at radius 1 is 1.69 bits per heavy atom. The molecule has 0 aliphatic heterocycles. The van der Waals surface area contributed by atoms with E-state index in [2.05, 4.69) is 0 Å². The van der Waals surface area contributed by atoms with Gasteiger partial charge in [-0.1, -0.05) is 0 Å². The molecule has 0 atom stereocenters. The molecule has 0 bridgehead atoms. The fourth-order valence-electron chi connectivity index (χ4n) is 0.949. The van der Waals surface area contributed by atoms with Gasteiger partial charge in [-0.3, -0.25) is 4.79 Å². The Labute approximate surface area is 75.7 Å². The molecule has 72 valence electrons.